The average molecular weight is 437 g/mol. The molecule has 0 fully saturated rings. The molecule has 0 radical (unpaired) electrons. The molecule has 172 valence electrons. The van der Waals surface area contributed by atoms with E-state index in [1.54, 1.807) is 4.90 Å². The highest BCUT2D eigenvalue weighted by Gasteiger charge is 2.28. The molecule has 2 amide bonds. The monoisotopic (exact) mass is 436 g/mol. The first-order valence-corrected chi connectivity index (χ1v) is 11.7. The molecule has 0 saturated carbocycles. The van der Waals surface area contributed by atoms with Crippen LogP contribution in [0.15, 0.2) is 48.5 Å². The van der Waals surface area contributed by atoms with Gasteiger partial charge in [-0.05, 0) is 55.4 Å². The molecular formula is C27H36N2O3. The minimum Gasteiger partial charge on any atom is -0.491 e. The molecule has 0 aromatic heterocycles. The number of ether oxygens (including phenoxy) is 1. The number of aryl methyl sites for hydroxylation is 1. The molecule has 32 heavy (non-hydrogen) atoms. The Morgan fingerprint density at radius 2 is 1.72 bits per heavy atom. The molecule has 0 aliphatic carbocycles. The second-order valence-electron chi connectivity index (χ2n) is 9.10. The van der Waals surface area contributed by atoms with Crippen molar-refractivity contribution in [3.05, 3.63) is 65.2 Å². The van der Waals surface area contributed by atoms with E-state index in [2.05, 4.69) is 26.8 Å². The van der Waals surface area contributed by atoms with E-state index >= 15 is 0 Å². The summed E-state index contributed by atoms with van der Waals surface area (Å²) in [5, 5.41) is 0. The fourth-order valence-electron chi connectivity index (χ4n) is 4.25. The van der Waals surface area contributed by atoms with Gasteiger partial charge in [0.25, 0.3) is 5.91 Å². The Kier molecular flexibility index (Phi) is 8.32. The van der Waals surface area contributed by atoms with Crippen molar-refractivity contribution in [3.63, 3.8) is 0 Å². The summed E-state index contributed by atoms with van der Waals surface area (Å²) in [4.78, 5) is 30.2. The summed E-state index contributed by atoms with van der Waals surface area (Å²) < 4.78 is 6.21. The molecule has 0 saturated heterocycles. The number of para-hydroxylation sites is 1. The van der Waals surface area contributed by atoms with E-state index in [4.69, 9.17) is 4.74 Å². The molecule has 2 aromatic rings. The van der Waals surface area contributed by atoms with Crippen LogP contribution in [0.3, 0.4) is 0 Å². The zero-order valence-corrected chi connectivity index (χ0v) is 19.8. The largest absolute Gasteiger partial charge is 0.491 e. The van der Waals surface area contributed by atoms with Crippen LogP contribution in [-0.2, 0) is 11.2 Å². The number of benzene rings is 2. The number of nitrogens with zero attached hydrogens (tertiary/aromatic N) is 2. The van der Waals surface area contributed by atoms with Crippen molar-refractivity contribution in [2.24, 2.45) is 5.92 Å². The van der Waals surface area contributed by atoms with Crippen LogP contribution in [0.1, 0.15) is 54.6 Å². The summed E-state index contributed by atoms with van der Waals surface area (Å²) in [6.45, 7) is 8.07. The van der Waals surface area contributed by atoms with Gasteiger partial charge in [0.1, 0.15) is 12.4 Å². The summed E-state index contributed by atoms with van der Waals surface area (Å²) in [5.74, 6) is 0.929. The highest BCUT2D eigenvalue weighted by atomic mass is 16.5. The van der Waals surface area contributed by atoms with Gasteiger partial charge >= 0.3 is 0 Å². The summed E-state index contributed by atoms with van der Waals surface area (Å²) in [5.41, 5.74) is 2.79. The predicted octanol–water partition coefficient (Wildman–Crippen LogP) is 4.73. The number of carbonyl (C=O) groups is 2. The van der Waals surface area contributed by atoms with Gasteiger partial charge in [-0.3, -0.25) is 9.59 Å². The molecule has 1 atom stereocenters. The van der Waals surface area contributed by atoms with Crippen LogP contribution in [-0.4, -0.2) is 54.4 Å². The lowest BCUT2D eigenvalue weighted by atomic mass is 10.00. The van der Waals surface area contributed by atoms with E-state index in [1.165, 1.54) is 0 Å². The normalized spacial score (nSPS) is 18.3. The van der Waals surface area contributed by atoms with Crippen LogP contribution < -0.4 is 4.74 Å². The SMILES string of the molecule is Cc1ccccc1CC(=O)N1CCCCCN(C)C(=O)c2ccccc2OC[C@@H]1C(C)C. The maximum absolute atomic E-state index is 13.5. The highest BCUT2D eigenvalue weighted by molar-refractivity contribution is 5.96. The van der Waals surface area contributed by atoms with Gasteiger partial charge in [0, 0.05) is 20.1 Å². The number of hydrogen-bond acceptors (Lipinski definition) is 3. The van der Waals surface area contributed by atoms with Crippen LogP contribution in [0.25, 0.3) is 0 Å². The van der Waals surface area contributed by atoms with Crippen LogP contribution >= 0.6 is 0 Å². The minimum absolute atomic E-state index is 0.0200. The number of amides is 2. The number of hydrogen-bond donors (Lipinski definition) is 0. The standard InChI is InChI=1S/C27H36N2O3/c1-20(2)24-19-32-25-15-9-8-14-23(25)27(31)28(4)16-10-5-11-17-29(24)26(30)18-22-13-7-6-12-21(22)3/h6-9,12-15,20,24H,5,10-11,16-19H2,1-4H3/t24-/m1/s1. The summed E-state index contributed by atoms with van der Waals surface area (Å²) in [7, 11) is 1.84. The van der Waals surface area contributed by atoms with Gasteiger partial charge < -0.3 is 14.5 Å². The van der Waals surface area contributed by atoms with Crippen molar-refractivity contribution in [3.8, 4) is 5.75 Å². The Labute approximate surface area is 192 Å². The van der Waals surface area contributed by atoms with Crippen LogP contribution in [0.2, 0.25) is 0 Å². The lowest BCUT2D eigenvalue weighted by Gasteiger charge is -2.35. The zero-order valence-electron chi connectivity index (χ0n) is 19.8. The molecule has 0 unspecified atom stereocenters. The van der Waals surface area contributed by atoms with Crippen molar-refractivity contribution in [2.75, 3.05) is 26.7 Å². The quantitative estimate of drug-likeness (QED) is 0.699. The van der Waals surface area contributed by atoms with E-state index < -0.39 is 0 Å². The molecule has 5 nitrogen and oxygen atoms in total. The van der Waals surface area contributed by atoms with Crippen LogP contribution in [0.4, 0.5) is 0 Å². The maximum Gasteiger partial charge on any atom is 0.257 e. The second-order valence-corrected chi connectivity index (χ2v) is 9.10. The molecule has 1 aliphatic rings. The number of carbonyl (C=O) groups excluding carboxylic acids is 2. The van der Waals surface area contributed by atoms with Crippen molar-refractivity contribution in [2.45, 2.75) is 52.5 Å². The third-order valence-electron chi connectivity index (χ3n) is 6.36. The Hall–Kier alpha value is -2.82. The summed E-state index contributed by atoms with van der Waals surface area (Å²) >= 11 is 0. The van der Waals surface area contributed by atoms with Gasteiger partial charge in [0.15, 0.2) is 0 Å². The van der Waals surface area contributed by atoms with Gasteiger partial charge in [-0.1, -0.05) is 50.2 Å². The zero-order chi connectivity index (χ0) is 23.1. The van der Waals surface area contributed by atoms with Crippen LogP contribution in [0, 0.1) is 12.8 Å². The number of rotatable bonds is 3. The highest BCUT2D eigenvalue weighted by Crippen LogP contribution is 2.23. The van der Waals surface area contributed by atoms with Crippen molar-refractivity contribution in [1.82, 2.24) is 9.80 Å². The predicted molar refractivity (Wildman–Crippen MR) is 128 cm³/mol. The van der Waals surface area contributed by atoms with Crippen molar-refractivity contribution < 1.29 is 14.3 Å². The van der Waals surface area contributed by atoms with Gasteiger partial charge in [-0.25, -0.2) is 0 Å². The third kappa shape index (κ3) is 5.90. The topological polar surface area (TPSA) is 49.9 Å². The van der Waals surface area contributed by atoms with E-state index in [1.807, 2.05) is 54.4 Å². The second kappa shape index (κ2) is 11.2. The Bertz CT molecular complexity index is 925. The first-order chi connectivity index (χ1) is 15.4. The lowest BCUT2D eigenvalue weighted by molar-refractivity contribution is -0.134. The average Bonchev–Trinajstić information content (AvgIpc) is 2.78. The van der Waals surface area contributed by atoms with E-state index in [-0.39, 0.29) is 23.8 Å². The molecule has 0 spiro atoms. The van der Waals surface area contributed by atoms with Crippen molar-refractivity contribution in [1.29, 1.82) is 0 Å². The van der Waals surface area contributed by atoms with Gasteiger partial charge in [0.2, 0.25) is 5.91 Å². The molecule has 1 heterocycles. The molecular weight excluding hydrogens is 400 g/mol. The van der Waals surface area contributed by atoms with E-state index in [0.29, 0.717) is 37.4 Å². The molecule has 0 bridgehead atoms. The first-order valence-electron chi connectivity index (χ1n) is 11.7. The summed E-state index contributed by atoms with van der Waals surface area (Å²) in [6, 6.07) is 15.4. The van der Waals surface area contributed by atoms with Gasteiger partial charge in [-0.2, -0.15) is 0 Å². The number of fused-ring (bicyclic) bond motifs is 1. The van der Waals surface area contributed by atoms with Gasteiger partial charge in [0.05, 0.1) is 18.0 Å². The maximum atomic E-state index is 13.5. The Morgan fingerprint density at radius 3 is 2.47 bits per heavy atom. The lowest BCUT2D eigenvalue weighted by Crippen LogP contribution is -2.48. The molecule has 3 rings (SSSR count). The van der Waals surface area contributed by atoms with E-state index in [9.17, 15) is 9.59 Å². The third-order valence-corrected chi connectivity index (χ3v) is 6.36. The smallest absolute Gasteiger partial charge is 0.257 e. The molecule has 5 heteroatoms. The first kappa shape index (κ1) is 23.8. The fourth-order valence-corrected chi connectivity index (χ4v) is 4.25. The Morgan fingerprint density at radius 1 is 1.03 bits per heavy atom. The van der Waals surface area contributed by atoms with Crippen LogP contribution in [0.5, 0.6) is 5.75 Å². The molecule has 1 aliphatic heterocycles. The van der Waals surface area contributed by atoms with Crippen molar-refractivity contribution >= 4 is 11.8 Å². The van der Waals surface area contributed by atoms with E-state index in [0.717, 1.165) is 30.4 Å². The van der Waals surface area contributed by atoms with Gasteiger partial charge in [-0.15, -0.1) is 0 Å². The minimum atomic E-state index is -0.0619. The molecule has 0 N–H and O–H groups in total. The Balaban J connectivity index is 1.87. The fraction of sp³-hybridized carbons (Fsp3) is 0.481. The molecule has 2 aromatic carbocycles. The summed E-state index contributed by atoms with van der Waals surface area (Å²) in [6.07, 6.45) is 3.20.